The Morgan fingerprint density at radius 2 is 2.14 bits per heavy atom. The average Bonchev–Trinajstić information content (AvgIpc) is 2.47. The van der Waals surface area contributed by atoms with Gasteiger partial charge in [-0.25, -0.2) is 4.79 Å². The molecule has 0 bridgehead atoms. The van der Waals surface area contributed by atoms with Gasteiger partial charge in [-0.15, -0.1) is 0 Å². The highest BCUT2D eigenvalue weighted by molar-refractivity contribution is 9.10. The molecule has 1 aliphatic rings. The predicted octanol–water partition coefficient (Wildman–Crippen LogP) is 2.39. The second kappa shape index (κ2) is 7.24. The Morgan fingerprint density at radius 1 is 1.41 bits per heavy atom. The van der Waals surface area contributed by atoms with Crippen LogP contribution in [0.25, 0.3) is 0 Å². The van der Waals surface area contributed by atoms with Gasteiger partial charge in [0.15, 0.2) is 6.10 Å². The summed E-state index contributed by atoms with van der Waals surface area (Å²) in [5.41, 5.74) is 2.24. The number of benzene rings is 1. The van der Waals surface area contributed by atoms with E-state index in [1.54, 1.807) is 11.8 Å². The van der Waals surface area contributed by atoms with Crippen molar-refractivity contribution < 1.29 is 19.4 Å². The number of ether oxygens (including phenoxy) is 1. The average molecular weight is 370 g/mol. The van der Waals surface area contributed by atoms with Gasteiger partial charge in [-0.1, -0.05) is 28.1 Å². The van der Waals surface area contributed by atoms with Gasteiger partial charge in [-0.2, -0.15) is 0 Å². The maximum absolute atomic E-state index is 12.3. The monoisotopic (exact) mass is 369 g/mol. The summed E-state index contributed by atoms with van der Waals surface area (Å²) in [6, 6.07) is 6.03. The largest absolute Gasteiger partial charge is 0.479 e. The molecule has 1 N–H and O–H groups in total. The minimum atomic E-state index is -1.02. The van der Waals surface area contributed by atoms with Crippen LogP contribution in [0, 0.1) is 6.92 Å². The fourth-order valence-corrected chi connectivity index (χ4v) is 2.81. The molecule has 6 heteroatoms. The van der Waals surface area contributed by atoms with Crippen molar-refractivity contribution in [2.45, 2.75) is 38.9 Å². The number of carboxylic acids is 1. The fraction of sp³-hybridized carbons (Fsp3) is 0.500. The summed E-state index contributed by atoms with van der Waals surface area (Å²) < 4.78 is 6.37. The van der Waals surface area contributed by atoms with Crippen LogP contribution in [0.5, 0.6) is 0 Å². The number of amides is 1. The minimum absolute atomic E-state index is 0.0260. The van der Waals surface area contributed by atoms with E-state index < -0.39 is 12.1 Å². The fourth-order valence-electron chi connectivity index (χ4n) is 2.56. The van der Waals surface area contributed by atoms with Gasteiger partial charge in [0.1, 0.15) is 0 Å². The minimum Gasteiger partial charge on any atom is -0.479 e. The molecule has 1 aliphatic heterocycles. The van der Waals surface area contributed by atoms with Crippen LogP contribution in [0.3, 0.4) is 0 Å². The number of aryl methyl sites for hydroxylation is 2. The number of nitrogens with zero attached hydrogens (tertiary/aromatic N) is 1. The molecule has 22 heavy (non-hydrogen) atoms. The first-order chi connectivity index (χ1) is 10.4. The summed E-state index contributed by atoms with van der Waals surface area (Å²) >= 11 is 3.45. The topological polar surface area (TPSA) is 66.8 Å². The third-order valence-corrected chi connectivity index (χ3v) is 4.63. The highest BCUT2D eigenvalue weighted by atomic mass is 79.9. The van der Waals surface area contributed by atoms with Crippen molar-refractivity contribution in [2.24, 2.45) is 0 Å². The van der Waals surface area contributed by atoms with Crippen LogP contribution in [0.4, 0.5) is 0 Å². The molecule has 2 rings (SSSR count). The van der Waals surface area contributed by atoms with Gasteiger partial charge in [0, 0.05) is 17.4 Å². The number of hydrogen-bond donors (Lipinski definition) is 1. The van der Waals surface area contributed by atoms with Crippen LogP contribution in [0.1, 0.15) is 24.5 Å². The number of carbonyl (C=O) groups is 2. The first-order valence-electron chi connectivity index (χ1n) is 7.28. The predicted molar refractivity (Wildman–Crippen MR) is 85.8 cm³/mol. The molecule has 1 amide bonds. The molecule has 1 heterocycles. The summed E-state index contributed by atoms with van der Waals surface area (Å²) in [6.07, 6.45) is -0.160. The van der Waals surface area contributed by atoms with Gasteiger partial charge >= 0.3 is 5.97 Å². The Kier molecular flexibility index (Phi) is 5.58. The number of carboxylic acid groups (broad SMARTS) is 1. The van der Waals surface area contributed by atoms with Crippen LogP contribution in [0.15, 0.2) is 22.7 Å². The summed E-state index contributed by atoms with van der Waals surface area (Å²) in [6.45, 7) is 4.36. The number of morpholine rings is 1. The van der Waals surface area contributed by atoms with E-state index in [1.165, 1.54) is 0 Å². The van der Waals surface area contributed by atoms with Gasteiger partial charge in [0.2, 0.25) is 5.91 Å². The Labute approximate surface area is 138 Å². The lowest BCUT2D eigenvalue weighted by Crippen LogP contribution is -2.51. The lowest BCUT2D eigenvalue weighted by atomic mass is 10.1. The Morgan fingerprint density at radius 3 is 2.77 bits per heavy atom. The molecule has 1 saturated heterocycles. The number of rotatable bonds is 4. The van der Waals surface area contributed by atoms with E-state index in [0.717, 1.165) is 15.6 Å². The Bertz CT molecular complexity index is 575. The summed E-state index contributed by atoms with van der Waals surface area (Å²) in [5.74, 6) is -1.05. The Hall–Kier alpha value is -1.40. The molecule has 0 spiro atoms. The van der Waals surface area contributed by atoms with Gasteiger partial charge < -0.3 is 14.7 Å². The maximum atomic E-state index is 12.3. The van der Waals surface area contributed by atoms with E-state index in [1.807, 2.05) is 19.1 Å². The molecule has 1 aromatic carbocycles. The third kappa shape index (κ3) is 4.30. The van der Waals surface area contributed by atoms with Crippen LogP contribution >= 0.6 is 15.9 Å². The molecule has 1 unspecified atom stereocenters. The molecule has 2 atom stereocenters. The Balaban J connectivity index is 1.93. The second-order valence-electron chi connectivity index (χ2n) is 5.66. The van der Waals surface area contributed by atoms with Gasteiger partial charge in [0.05, 0.1) is 12.6 Å². The SMILES string of the molecule is Cc1cc(CCC(=O)N2CC(C(=O)O)O[C@H](C)C2)ccc1Br. The highest BCUT2D eigenvalue weighted by Crippen LogP contribution is 2.19. The zero-order valence-electron chi connectivity index (χ0n) is 12.7. The molecule has 1 aromatic rings. The van der Waals surface area contributed by atoms with Crippen LogP contribution in [-0.4, -0.2) is 47.2 Å². The van der Waals surface area contributed by atoms with Crippen molar-refractivity contribution in [2.75, 3.05) is 13.1 Å². The molecule has 0 aromatic heterocycles. The zero-order valence-corrected chi connectivity index (χ0v) is 14.3. The molecule has 5 nitrogen and oxygen atoms in total. The van der Waals surface area contributed by atoms with Crippen LogP contribution in [0.2, 0.25) is 0 Å². The summed E-state index contributed by atoms with van der Waals surface area (Å²) in [5, 5.41) is 9.05. The summed E-state index contributed by atoms with van der Waals surface area (Å²) in [7, 11) is 0. The molecule has 0 saturated carbocycles. The third-order valence-electron chi connectivity index (χ3n) is 3.74. The standard InChI is InChI=1S/C16H20BrNO4/c1-10-7-12(3-5-13(10)17)4-6-15(19)18-8-11(2)22-14(9-18)16(20)21/h3,5,7,11,14H,4,6,8-9H2,1-2H3,(H,20,21)/t11-,14?/m1/s1. The lowest BCUT2D eigenvalue weighted by molar-refractivity contribution is -0.166. The van der Waals surface area contributed by atoms with E-state index in [0.29, 0.717) is 19.4 Å². The van der Waals surface area contributed by atoms with E-state index in [4.69, 9.17) is 9.84 Å². The van der Waals surface area contributed by atoms with Gasteiger partial charge in [-0.3, -0.25) is 4.79 Å². The van der Waals surface area contributed by atoms with E-state index in [2.05, 4.69) is 22.0 Å². The first kappa shape index (κ1) is 17.0. The quantitative estimate of drug-likeness (QED) is 0.884. The molecule has 120 valence electrons. The van der Waals surface area contributed by atoms with Gasteiger partial charge in [0.25, 0.3) is 0 Å². The van der Waals surface area contributed by atoms with Crippen molar-refractivity contribution in [3.8, 4) is 0 Å². The number of carbonyl (C=O) groups excluding carboxylic acids is 1. The molecule has 0 radical (unpaired) electrons. The van der Waals surface area contributed by atoms with Crippen LogP contribution < -0.4 is 0 Å². The smallest absolute Gasteiger partial charge is 0.334 e. The number of aliphatic carboxylic acids is 1. The van der Waals surface area contributed by atoms with Gasteiger partial charge in [-0.05, 0) is 37.5 Å². The lowest BCUT2D eigenvalue weighted by Gasteiger charge is -2.35. The van der Waals surface area contributed by atoms with Crippen molar-refractivity contribution in [1.82, 2.24) is 4.90 Å². The molecular weight excluding hydrogens is 350 g/mol. The van der Waals surface area contributed by atoms with Crippen molar-refractivity contribution in [1.29, 1.82) is 0 Å². The normalized spacial score (nSPS) is 21.7. The second-order valence-corrected chi connectivity index (χ2v) is 6.51. The number of hydrogen-bond acceptors (Lipinski definition) is 3. The van der Waals surface area contributed by atoms with Crippen LogP contribution in [-0.2, 0) is 20.7 Å². The first-order valence-corrected chi connectivity index (χ1v) is 8.07. The van der Waals surface area contributed by atoms with E-state index in [9.17, 15) is 9.59 Å². The van der Waals surface area contributed by atoms with E-state index >= 15 is 0 Å². The van der Waals surface area contributed by atoms with Crippen molar-refractivity contribution in [3.63, 3.8) is 0 Å². The highest BCUT2D eigenvalue weighted by Gasteiger charge is 2.32. The van der Waals surface area contributed by atoms with Crippen molar-refractivity contribution >= 4 is 27.8 Å². The summed E-state index contributed by atoms with van der Waals surface area (Å²) in [4.78, 5) is 25.0. The molecule has 1 fully saturated rings. The number of halogens is 1. The zero-order chi connectivity index (χ0) is 16.3. The molecular formula is C16H20BrNO4. The molecule has 0 aliphatic carbocycles. The maximum Gasteiger partial charge on any atom is 0.334 e. The van der Waals surface area contributed by atoms with Crippen molar-refractivity contribution in [3.05, 3.63) is 33.8 Å². The van der Waals surface area contributed by atoms with E-state index in [-0.39, 0.29) is 18.6 Å².